The van der Waals surface area contributed by atoms with E-state index in [9.17, 15) is 12.8 Å². The van der Waals surface area contributed by atoms with Gasteiger partial charge in [0.05, 0.1) is 5.75 Å². The Hall–Kier alpha value is -0.590. The van der Waals surface area contributed by atoms with Crippen LogP contribution in [0.2, 0.25) is 0 Å². The topological polar surface area (TPSA) is 46.2 Å². The molecule has 0 radical (unpaired) electrons. The lowest BCUT2D eigenvalue weighted by molar-refractivity contribution is 0.416. The molecule has 114 valence electrons. The van der Waals surface area contributed by atoms with Crippen molar-refractivity contribution in [1.82, 2.24) is 5.32 Å². The number of halogens is 1. The fraction of sp³-hybridized carbons (Fsp3) is 0.571. The summed E-state index contributed by atoms with van der Waals surface area (Å²) in [5, 5.41) is 3.25. The highest BCUT2D eigenvalue weighted by molar-refractivity contribution is 8.00. The Morgan fingerprint density at radius 2 is 1.95 bits per heavy atom. The average Bonchev–Trinajstić information content (AvgIpc) is 2.25. The summed E-state index contributed by atoms with van der Waals surface area (Å²) in [5.74, 6) is 0.275. The van der Waals surface area contributed by atoms with E-state index in [1.165, 1.54) is 24.1 Å². The zero-order valence-electron chi connectivity index (χ0n) is 12.4. The summed E-state index contributed by atoms with van der Waals surface area (Å²) in [6, 6.07) is 4.91. The highest BCUT2D eigenvalue weighted by Gasteiger charge is 2.14. The summed E-state index contributed by atoms with van der Waals surface area (Å²) < 4.78 is 36.2. The van der Waals surface area contributed by atoms with Crippen molar-refractivity contribution in [3.63, 3.8) is 0 Å². The van der Waals surface area contributed by atoms with E-state index in [2.05, 4.69) is 5.32 Å². The monoisotopic (exact) mass is 319 g/mol. The first-order valence-electron chi connectivity index (χ1n) is 6.41. The third kappa shape index (κ3) is 6.72. The van der Waals surface area contributed by atoms with E-state index in [-0.39, 0.29) is 17.1 Å². The standard InChI is InChI=1S/C14H22FNO2S2/c1-14(2,3)16-10-11-12(15)6-5-7-13(11)19-8-9-20(4,17)18/h5-7,16H,8-10H2,1-4H3. The van der Waals surface area contributed by atoms with Gasteiger partial charge in [-0.1, -0.05) is 6.07 Å². The summed E-state index contributed by atoms with van der Waals surface area (Å²) in [5.41, 5.74) is 0.498. The van der Waals surface area contributed by atoms with Gasteiger partial charge >= 0.3 is 0 Å². The molecule has 0 spiro atoms. The van der Waals surface area contributed by atoms with Crippen LogP contribution >= 0.6 is 11.8 Å². The SMILES string of the molecule is CC(C)(C)NCc1c(F)cccc1SCCS(C)(=O)=O. The Bertz CT molecular complexity index is 551. The molecule has 0 unspecified atom stereocenters. The van der Waals surface area contributed by atoms with Crippen LogP contribution in [0.4, 0.5) is 4.39 Å². The average molecular weight is 319 g/mol. The number of hydrogen-bond donors (Lipinski definition) is 1. The Balaban J connectivity index is 2.77. The van der Waals surface area contributed by atoms with Crippen LogP contribution in [0.15, 0.2) is 23.1 Å². The maximum atomic E-state index is 13.9. The quantitative estimate of drug-likeness (QED) is 0.819. The van der Waals surface area contributed by atoms with Gasteiger partial charge in [0.25, 0.3) is 0 Å². The first-order chi connectivity index (χ1) is 9.08. The molecule has 1 N–H and O–H groups in total. The second kappa shape index (κ2) is 6.91. The summed E-state index contributed by atoms with van der Waals surface area (Å²) >= 11 is 1.38. The van der Waals surface area contributed by atoms with Crippen molar-refractivity contribution in [1.29, 1.82) is 0 Å². The van der Waals surface area contributed by atoms with Gasteiger partial charge in [-0.25, -0.2) is 12.8 Å². The smallest absolute Gasteiger partial charge is 0.148 e. The van der Waals surface area contributed by atoms with E-state index in [0.29, 0.717) is 17.9 Å². The molecule has 0 aromatic heterocycles. The van der Waals surface area contributed by atoms with Gasteiger partial charge in [0.2, 0.25) is 0 Å². The van der Waals surface area contributed by atoms with Gasteiger partial charge in [-0.05, 0) is 32.9 Å². The Morgan fingerprint density at radius 1 is 1.30 bits per heavy atom. The summed E-state index contributed by atoms with van der Waals surface area (Å²) in [4.78, 5) is 0.797. The lowest BCUT2D eigenvalue weighted by Crippen LogP contribution is -2.35. The predicted octanol–water partition coefficient (Wildman–Crippen LogP) is 2.85. The van der Waals surface area contributed by atoms with Crippen LogP contribution in [0.25, 0.3) is 0 Å². The van der Waals surface area contributed by atoms with Crippen molar-refractivity contribution in [2.24, 2.45) is 0 Å². The number of rotatable bonds is 6. The fourth-order valence-electron chi connectivity index (χ4n) is 1.50. The van der Waals surface area contributed by atoms with Gasteiger partial charge in [-0.15, -0.1) is 11.8 Å². The molecular formula is C14H22FNO2S2. The van der Waals surface area contributed by atoms with Crippen LogP contribution in [0.5, 0.6) is 0 Å². The Morgan fingerprint density at radius 3 is 2.50 bits per heavy atom. The summed E-state index contributed by atoms with van der Waals surface area (Å²) in [7, 11) is -2.98. The van der Waals surface area contributed by atoms with Crippen LogP contribution in [0.1, 0.15) is 26.3 Å². The Labute approximate surface area is 125 Å². The van der Waals surface area contributed by atoms with Crippen molar-refractivity contribution in [2.45, 2.75) is 37.8 Å². The molecule has 0 fully saturated rings. The van der Waals surface area contributed by atoms with Crippen LogP contribution in [-0.4, -0.2) is 31.7 Å². The second-order valence-corrected chi connectivity index (χ2v) is 9.19. The maximum Gasteiger partial charge on any atom is 0.148 e. The van der Waals surface area contributed by atoms with Crippen LogP contribution in [0, 0.1) is 5.82 Å². The van der Waals surface area contributed by atoms with Gasteiger partial charge in [0.1, 0.15) is 15.7 Å². The molecule has 20 heavy (non-hydrogen) atoms. The minimum Gasteiger partial charge on any atom is -0.308 e. The molecule has 1 aromatic carbocycles. The molecule has 0 aliphatic carbocycles. The van der Waals surface area contributed by atoms with Gasteiger partial charge in [0, 0.05) is 34.6 Å². The number of nitrogens with one attached hydrogen (secondary N) is 1. The molecule has 1 aromatic rings. The normalized spacial score (nSPS) is 12.7. The lowest BCUT2D eigenvalue weighted by atomic mass is 10.1. The number of benzene rings is 1. The molecule has 0 aliphatic rings. The minimum absolute atomic E-state index is 0.0975. The third-order valence-corrected chi connectivity index (χ3v) is 4.89. The minimum atomic E-state index is -2.98. The van der Waals surface area contributed by atoms with Crippen molar-refractivity contribution in [3.05, 3.63) is 29.6 Å². The van der Waals surface area contributed by atoms with Gasteiger partial charge in [-0.3, -0.25) is 0 Å². The zero-order valence-corrected chi connectivity index (χ0v) is 14.0. The van der Waals surface area contributed by atoms with Gasteiger partial charge in [-0.2, -0.15) is 0 Å². The maximum absolute atomic E-state index is 13.9. The van der Waals surface area contributed by atoms with E-state index in [1.54, 1.807) is 6.07 Å². The van der Waals surface area contributed by atoms with E-state index < -0.39 is 9.84 Å². The molecular weight excluding hydrogens is 297 g/mol. The molecule has 0 atom stereocenters. The van der Waals surface area contributed by atoms with Crippen LogP contribution < -0.4 is 5.32 Å². The largest absolute Gasteiger partial charge is 0.308 e. The molecule has 0 saturated carbocycles. The highest BCUT2D eigenvalue weighted by Crippen LogP contribution is 2.25. The zero-order chi connectivity index (χ0) is 15.4. The number of hydrogen-bond acceptors (Lipinski definition) is 4. The lowest BCUT2D eigenvalue weighted by Gasteiger charge is -2.21. The van der Waals surface area contributed by atoms with Crippen molar-refractivity contribution >= 4 is 21.6 Å². The summed E-state index contributed by atoms with van der Waals surface area (Å²) in [6.07, 6.45) is 1.21. The number of sulfone groups is 1. The molecule has 3 nitrogen and oxygen atoms in total. The molecule has 0 heterocycles. The van der Waals surface area contributed by atoms with E-state index in [1.807, 2.05) is 26.8 Å². The third-order valence-electron chi connectivity index (χ3n) is 2.58. The molecule has 0 bridgehead atoms. The van der Waals surface area contributed by atoms with Crippen molar-refractivity contribution < 1.29 is 12.8 Å². The second-order valence-electron chi connectivity index (χ2n) is 5.80. The first kappa shape index (κ1) is 17.5. The van der Waals surface area contributed by atoms with Gasteiger partial charge < -0.3 is 5.32 Å². The molecule has 1 rings (SSSR count). The molecule has 6 heteroatoms. The van der Waals surface area contributed by atoms with Crippen LogP contribution in [-0.2, 0) is 16.4 Å². The summed E-state index contributed by atoms with van der Waals surface area (Å²) in [6.45, 7) is 6.48. The van der Waals surface area contributed by atoms with Crippen molar-refractivity contribution in [3.8, 4) is 0 Å². The van der Waals surface area contributed by atoms with Crippen molar-refractivity contribution in [2.75, 3.05) is 17.8 Å². The van der Waals surface area contributed by atoms with E-state index >= 15 is 0 Å². The molecule has 0 aliphatic heterocycles. The first-order valence-corrected chi connectivity index (χ1v) is 9.46. The Kier molecular flexibility index (Phi) is 6.04. The van der Waals surface area contributed by atoms with E-state index in [4.69, 9.17) is 0 Å². The van der Waals surface area contributed by atoms with Crippen LogP contribution in [0.3, 0.4) is 0 Å². The fourth-order valence-corrected chi connectivity index (χ4v) is 3.79. The molecule has 0 saturated heterocycles. The van der Waals surface area contributed by atoms with Gasteiger partial charge in [0.15, 0.2) is 0 Å². The molecule has 0 amide bonds. The number of thioether (sulfide) groups is 1. The highest BCUT2D eigenvalue weighted by atomic mass is 32.2. The predicted molar refractivity (Wildman–Crippen MR) is 83.4 cm³/mol. The van der Waals surface area contributed by atoms with E-state index in [0.717, 1.165) is 4.90 Å².